The Labute approximate surface area is 162 Å². The molecule has 148 valence electrons. The van der Waals surface area contributed by atoms with Crippen molar-refractivity contribution in [1.29, 1.82) is 0 Å². The summed E-state index contributed by atoms with van der Waals surface area (Å²) in [6, 6.07) is -0.252. The number of nitrogens with zero attached hydrogens (tertiary/aromatic N) is 2. The minimum atomic E-state index is -2.42. The maximum atomic E-state index is 13.8. The van der Waals surface area contributed by atoms with Crippen molar-refractivity contribution >= 4 is 19.9 Å². The molecule has 0 fully saturated rings. The molecule has 3 atom stereocenters. The summed E-state index contributed by atoms with van der Waals surface area (Å²) in [5, 5.41) is 3.91. The summed E-state index contributed by atoms with van der Waals surface area (Å²) in [6.45, 7) is 12.2. The summed E-state index contributed by atoms with van der Waals surface area (Å²) < 4.78 is 12.3. The molecule has 2 aliphatic rings. The molecule has 0 N–H and O–H groups in total. The largest absolute Gasteiger partial charge is 0.398 e. The standard InChI is InChI=1S/C20H30N2O4Si/c1-12-15-17(25-21-12)16(22(5)6)13-10-9-11-14(23)20(13,18(15)24)26-27(7,8)19(2,3)4/h9,11,13,16H,10H2,1-8H3/t13-,16-,20-/m0/s1. The lowest BCUT2D eigenvalue weighted by molar-refractivity contribution is -0.135. The normalized spacial score (nSPS) is 28.5. The Morgan fingerprint density at radius 2 is 1.93 bits per heavy atom. The Morgan fingerprint density at radius 1 is 1.30 bits per heavy atom. The molecule has 1 heterocycles. The number of ketones is 2. The monoisotopic (exact) mass is 390 g/mol. The van der Waals surface area contributed by atoms with Gasteiger partial charge in [-0.25, -0.2) is 0 Å². The van der Waals surface area contributed by atoms with Crippen LogP contribution in [0.25, 0.3) is 0 Å². The molecule has 0 radical (unpaired) electrons. The number of hydrogen-bond acceptors (Lipinski definition) is 6. The predicted molar refractivity (Wildman–Crippen MR) is 105 cm³/mol. The molecule has 0 bridgehead atoms. The van der Waals surface area contributed by atoms with Crippen LogP contribution in [-0.4, -0.2) is 49.6 Å². The topological polar surface area (TPSA) is 72.6 Å². The van der Waals surface area contributed by atoms with Crippen LogP contribution in [0.1, 0.15) is 55.0 Å². The summed E-state index contributed by atoms with van der Waals surface area (Å²) in [4.78, 5) is 29.1. The highest BCUT2D eigenvalue weighted by atomic mass is 28.4. The van der Waals surface area contributed by atoms with E-state index in [-0.39, 0.29) is 28.6 Å². The fourth-order valence-electron chi connectivity index (χ4n) is 3.98. The van der Waals surface area contributed by atoms with Gasteiger partial charge < -0.3 is 8.95 Å². The van der Waals surface area contributed by atoms with Gasteiger partial charge in [-0.1, -0.05) is 32.0 Å². The van der Waals surface area contributed by atoms with Crippen LogP contribution in [0.5, 0.6) is 0 Å². The summed E-state index contributed by atoms with van der Waals surface area (Å²) in [7, 11) is 1.44. The number of fused-ring (bicyclic) bond motifs is 2. The lowest BCUT2D eigenvalue weighted by Crippen LogP contribution is -2.65. The van der Waals surface area contributed by atoms with Crippen molar-refractivity contribution in [2.75, 3.05) is 14.1 Å². The third-order valence-corrected chi connectivity index (χ3v) is 10.9. The fraction of sp³-hybridized carbons (Fsp3) is 0.650. The van der Waals surface area contributed by atoms with Crippen LogP contribution in [0.2, 0.25) is 18.1 Å². The molecule has 1 aromatic rings. The van der Waals surface area contributed by atoms with Gasteiger partial charge in [0.05, 0.1) is 17.3 Å². The van der Waals surface area contributed by atoms with Crippen molar-refractivity contribution in [1.82, 2.24) is 10.1 Å². The van der Waals surface area contributed by atoms with Gasteiger partial charge in [-0.15, -0.1) is 0 Å². The zero-order valence-electron chi connectivity index (χ0n) is 17.5. The molecule has 6 nitrogen and oxygen atoms in total. The molecule has 0 saturated carbocycles. The van der Waals surface area contributed by atoms with Crippen LogP contribution >= 0.6 is 0 Å². The Kier molecular flexibility index (Phi) is 4.65. The van der Waals surface area contributed by atoms with Gasteiger partial charge in [-0.2, -0.15) is 0 Å². The third kappa shape index (κ3) is 2.78. The van der Waals surface area contributed by atoms with E-state index in [1.54, 1.807) is 6.92 Å². The lowest BCUT2D eigenvalue weighted by atomic mass is 9.65. The molecular weight excluding hydrogens is 360 g/mol. The van der Waals surface area contributed by atoms with E-state index in [0.717, 1.165) is 0 Å². The summed E-state index contributed by atoms with van der Waals surface area (Å²) in [5.74, 6) is -0.346. The Morgan fingerprint density at radius 3 is 2.48 bits per heavy atom. The zero-order chi connectivity index (χ0) is 20.4. The molecule has 27 heavy (non-hydrogen) atoms. The van der Waals surface area contributed by atoms with E-state index in [1.807, 2.05) is 25.1 Å². The molecule has 0 spiro atoms. The second-order valence-corrected chi connectivity index (χ2v) is 14.2. The molecule has 0 aliphatic heterocycles. The molecule has 0 aromatic carbocycles. The van der Waals surface area contributed by atoms with Gasteiger partial charge in [0.25, 0.3) is 0 Å². The van der Waals surface area contributed by atoms with Crippen LogP contribution in [0.15, 0.2) is 16.7 Å². The van der Waals surface area contributed by atoms with Gasteiger partial charge in [0.1, 0.15) is 0 Å². The number of Topliss-reactive ketones (excluding diaryl/α,β-unsaturated/α-hetero) is 1. The van der Waals surface area contributed by atoms with Crippen molar-refractivity contribution in [3.8, 4) is 0 Å². The van der Waals surface area contributed by atoms with Crippen LogP contribution in [0.3, 0.4) is 0 Å². The molecule has 0 saturated heterocycles. The Hall–Kier alpha value is -1.57. The van der Waals surface area contributed by atoms with Gasteiger partial charge in [-0.3, -0.25) is 14.5 Å². The van der Waals surface area contributed by atoms with E-state index in [1.165, 1.54) is 6.08 Å². The quantitative estimate of drug-likeness (QED) is 0.579. The maximum absolute atomic E-state index is 13.8. The summed E-state index contributed by atoms with van der Waals surface area (Å²) in [6.07, 6.45) is 3.94. The highest BCUT2D eigenvalue weighted by Crippen LogP contribution is 2.52. The molecule has 0 amide bonds. The Bertz CT molecular complexity index is 818. The third-order valence-electron chi connectivity index (χ3n) is 6.43. The number of aryl methyl sites for hydroxylation is 1. The molecule has 1 aromatic heterocycles. The van der Waals surface area contributed by atoms with Gasteiger partial charge in [0, 0.05) is 5.92 Å². The van der Waals surface area contributed by atoms with E-state index in [9.17, 15) is 9.59 Å². The van der Waals surface area contributed by atoms with E-state index < -0.39 is 13.9 Å². The fourth-order valence-corrected chi connectivity index (χ4v) is 5.44. The van der Waals surface area contributed by atoms with Crippen LogP contribution in [0, 0.1) is 12.8 Å². The van der Waals surface area contributed by atoms with Crippen LogP contribution < -0.4 is 0 Å². The SMILES string of the molecule is Cc1noc2c1C(=O)[C@@]1(O[Si](C)(C)C(C)(C)C)C(=O)C=CC[C@H]1[C@@H]2N(C)C. The first-order valence-electron chi connectivity index (χ1n) is 9.43. The lowest BCUT2D eigenvalue weighted by Gasteiger charge is -2.51. The molecule has 7 heteroatoms. The number of allylic oxidation sites excluding steroid dienone is 1. The number of carbonyl (C=O) groups is 2. The van der Waals surface area contributed by atoms with Gasteiger partial charge >= 0.3 is 0 Å². The average Bonchev–Trinajstić information content (AvgIpc) is 2.90. The van der Waals surface area contributed by atoms with Gasteiger partial charge in [0.2, 0.25) is 5.78 Å². The molecule has 2 aliphatic carbocycles. The second-order valence-electron chi connectivity index (χ2n) is 9.45. The summed E-state index contributed by atoms with van der Waals surface area (Å²) >= 11 is 0. The summed E-state index contributed by atoms with van der Waals surface area (Å²) in [5.41, 5.74) is -0.580. The second kappa shape index (κ2) is 6.22. The van der Waals surface area contributed by atoms with Crippen molar-refractivity contribution in [2.45, 2.75) is 63.9 Å². The highest BCUT2D eigenvalue weighted by molar-refractivity contribution is 6.74. The van der Waals surface area contributed by atoms with Crippen molar-refractivity contribution in [2.24, 2.45) is 5.92 Å². The smallest absolute Gasteiger partial charge is 0.207 e. The van der Waals surface area contributed by atoms with E-state index in [4.69, 9.17) is 8.95 Å². The number of aromatic nitrogens is 1. The first kappa shape index (κ1) is 20.2. The van der Waals surface area contributed by atoms with Crippen molar-refractivity contribution in [3.05, 3.63) is 29.2 Å². The van der Waals surface area contributed by atoms with Gasteiger partial charge in [0.15, 0.2) is 25.5 Å². The average molecular weight is 391 g/mol. The van der Waals surface area contributed by atoms with Crippen LogP contribution in [-0.2, 0) is 9.22 Å². The number of rotatable bonds is 3. The highest BCUT2D eigenvalue weighted by Gasteiger charge is 2.64. The van der Waals surface area contributed by atoms with Crippen LogP contribution in [0.4, 0.5) is 0 Å². The predicted octanol–water partition coefficient (Wildman–Crippen LogP) is 3.69. The number of hydrogen-bond donors (Lipinski definition) is 0. The molecule has 3 rings (SSSR count). The van der Waals surface area contributed by atoms with E-state index in [0.29, 0.717) is 23.4 Å². The Balaban J connectivity index is 2.27. The van der Waals surface area contributed by atoms with Crippen molar-refractivity contribution in [3.63, 3.8) is 0 Å². The first-order valence-corrected chi connectivity index (χ1v) is 12.3. The first-order chi connectivity index (χ1) is 12.3. The van der Waals surface area contributed by atoms with E-state index in [2.05, 4.69) is 39.0 Å². The van der Waals surface area contributed by atoms with Gasteiger partial charge in [-0.05, 0) is 51.6 Å². The minimum absolute atomic E-state index is 0.133. The molecule has 0 unspecified atom stereocenters. The van der Waals surface area contributed by atoms with E-state index >= 15 is 0 Å². The van der Waals surface area contributed by atoms with Crippen molar-refractivity contribution < 1.29 is 18.5 Å². The number of carbonyl (C=O) groups excluding carboxylic acids is 2. The maximum Gasteiger partial charge on any atom is 0.207 e. The zero-order valence-corrected chi connectivity index (χ0v) is 18.5. The minimum Gasteiger partial charge on any atom is -0.398 e. The molecular formula is C20H30N2O4Si.